The molecule has 0 spiro atoms. The summed E-state index contributed by atoms with van der Waals surface area (Å²) in [4.78, 5) is 26.4. The van der Waals surface area contributed by atoms with Gasteiger partial charge in [0.2, 0.25) is 5.91 Å². The number of primary amides is 1. The molecule has 1 heterocycles. The van der Waals surface area contributed by atoms with Crippen LogP contribution in [0.4, 0.5) is 4.79 Å². The minimum absolute atomic E-state index is 0.139. The molecular formula is C10H21N5O2. The van der Waals surface area contributed by atoms with Crippen LogP contribution >= 0.6 is 0 Å². The van der Waals surface area contributed by atoms with Gasteiger partial charge in [0.1, 0.15) is 6.04 Å². The number of amides is 3. The molecule has 0 aromatic heterocycles. The third kappa shape index (κ3) is 4.58. The Bertz CT molecular complexity index is 282. The highest BCUT2D eigenvalue weighted by Gasteiger charge is 2.26. The Morgan fingerprint density at radius 3 is 2.82 bits per heavy atom. The van der Waals surface area contributed by atoms with Crippen molar-refractivity contribution in [2.45, 2.75) is 6.04 Å². The van der Waals surface area contributed by atoms with E-state index in [-0.39, 0.29) is 6.03 Å². The van der Waals surface area contributed by atoms with Crippen LogP contribution in [-0.2, 0) is 4.79 Å². The van der Waals surface area contributed by atoms with E-state index in [4.69, 9.17) is 5.73 Å². The van der Waals surface area contributed by atoms with Crippen LogP contribution < -0.4 is 16.4 Å². The fourth-order valence-corrected chi connectivity index (χ4v) is 1.62. The zero-order chi connectivity index (χ0) is 12.8. The van der Waals surface area contributed by atoms with Gasteiger partial charge in [-0.3, -0.25) is 4.79 Å². The summed E-state index contributed by atoms with van der Waals surface area (Å²) in [5.74, 6) is -0.421. The van der Waals surface area contributed by atoms with Crippen molar-refractivity contribution in [3.63, 3.8) is 0 Å². The molecule has 0 aromatic rings. The summed E-state index contributed by atoms with van der Waals surface area (Å²) in [5, 5.41) is 5.78. The molecule has 3 amide bonds. The number of carbonyl (C=O) groups is 2. The maximum atomic E-state index is 11.8. The molecule has 1 fully saturated rings. The second-order valence-electron chi connectivity index (χ2n) is 4.39. The van der Waals surface area contributed by atoms with Gasteiger partial charge in [0, 0.05) is 32.7 Å². The summed E-state index contributed by atoms with van der Waals surface area (Å²) >= 11 is 0. The molecule has 0 aromatic carbocycles. The van der Waals surface area contributed by atoms with Gasteiger partial charge in [-0.1, -0.05) is 0 Å². The van der Waals surface area contributed by atoms with E-state index in [1.165, 1.54) is 0 Å². The first-order valence-electron chi connectivity index (χ1n) is 5.71. The summed E-state index contributed by atoms with van der Waals surface area (Å²) in [6.07, 6.45) is 0. The van der Waals surface area contributed by atoms with E-state index in [2.05, 4.69) is 10.6 Å². The maximum absolute atomic E-state index is 11.8. The first-order valence-corrected chi connectivity index (χ1v) is 5.71. The summed E-state index contributed by atoms with van der Waals surface area (Å²) in [7, 11) is 3.89. The molecule has 1 rings (SSSR count). The Kier molecular flexibility index (Phi) is 5.17. The lowest BCUT2D eigenvalue weighted by atomic mass is 10.2. The Balaban J connectivity index is 2.33. The first-order chi connectivity index (χ1) is 8.00. The lowest BCUT2D eigenvalue weighted by Gasteiger charge is -2.32. The van der Waals surface area contributed by atoms with Crippen LogP contribution in [0.2, 0.25) is 0 Å². The van der Waals surface area contributed by atoms with Crippen molar-refractivity contribution < 1.29 is 9.59 Å². The molecule has 1 atom stereocenters. The van der Waals surface area contributed by atoms with Crippen molar-refractivity contribution in [3.05, 3.63) is 0 Å². The molecule has 0 aliphatic carbocycles. The lowest BCUT2D eigenvalue weighted by molar-refractivity contribution is -0.120. The number of nitrogens with two attached hydrogens (primary N) is 1. The number of nitrogens with zero attached hydrogens (tertiary/aromatic N) is 2. The zero-order valence-electron chi connectivity index (χ0n) is 10.4. The smallest absolute Gasteiger partial charge is 0.317 e. The first kappa shape index (κ1) is 13.7. The van der Waals surface area contributed by atoms with E-state index in [1.807, 2.05) is 19.0 Å². The highest BCUT2D eigenvalue weighted by Crippen LogP contribution is 1.99. The third-order valence-corrected chi connectivity index (χ3v) is 2.64. The summed E-state index contributed by atoms with van der Waals surface area (Å²) in [6.45, 7) is 2.91. The standard InChI is InChI=1S/C10H21N5O2/c1-14(2)5-3-13-10(17)15-6-4-12-8(7-15)9(11)16/h8,12H,3-7H2,1-2H3,(H2,11,16)(H,13,17). The predicted octanol–water partition coefficient (Wildman–Crippen LogP) is -1.98. The number of rotatable bonds is 4. The highest BCUT2D eigenvalue weighted by atomic mass is 16.2. The molecule has 0 saturated carbocycles. The Morgan fingerprint density at radius 2 is 2.24 bits per heavy atom. The van der Waals surface area contributed by atoms with Gasteiger partial charge in [0.25, 0.3) is 0 Å². The lowest BCUT2D eigenvalue weighted by Crippen LogP contribution is -2.59. The number of hydrogen-bond donors (Lipinski definition) is 3. The second kappa shape index (κ2) is 6.41. The largest absolute Gasteiger partial charge is 0.368 e. The molecule has 1 unspecified atom stereocenters. The number of likely N-dealkylation sites (N-methyl/N-ethyl adjacent to an activating group) is 1. The van der Waals surface area contributed by atoms with Crippen LogP contribution in [0, 0.1) is 0 Å². The van der Waals surface area contributed by atoms with Gasteiger partial charge in [0.15, 0.2) is 0 Å². The summed E-state index contributed by atoms with van der Waals surface area (Å²) < 4.78 is 0. The molecule has 17 heavy (non-hydrogen) atoms. The monoisotopic (exact) mass is 243 g/mol. The number of urea groups is 1. The fraction of sp³-hybridized carbons (Fsp3) is 0.800. The minimum Gasteiger partial charge on any atom is -0.368 e. The second-order valence-corrected chi connectivity index (χ2v) is 4.39. The van der Waals surface area contributed by atoms with Crippen molar-refractivity contribution in [3.8, 4) is 0 Å². The van der Waals surface area contributed by atoms with Gasteiger partial charge >= 0.3 is 6.03 Å². The van der Waals surface area contributed by atoms with Crippen molar-refractivity contribution in [1.82, 2.24) is 20.4 Å². The van der Waals surface area contributed by atoms with E-state index in [9.17, 15) is 9.59 Å². The topological polar surface area (TPSA) is 90.7 Å². The molecular weight excluding hydrogens is 222 g/mol. The molecule has 7 heteroatoms. The van der Waals surface area contributed by atoms with Crippen molar-refractivity contribution in [2.75, 3.05) is 46.8 Å². The molecule has 98 valence electrons. The fourth-order valence-electron chi connectivity index (χ4n) is 1.62. The zero-order valence-corrected chi connectivity index (χ0v) is 10.4. The number of hydrogen-bond acceptors (Lipinski definition) is 4. The van der Waals surface area contributed by atoms with Gasteiger partial charge in [-0.25, -0.2) is 4.79 Å². The van der Waals surface area contributed by atoms with Crippen molar-refractivity contribution in [2.24, 2.45) is 5.73 Å². The van der Waals surface area contributed by atoms with Crippen LogP contribution in [0.15, 0.2) is 0 Å². The van der Waals surface area contributed by atoms with Crippen molar-refractivity contribution >= 4 is 11.9 Å². The molecule has 0 bridgehead atoms. The van der Waals surface area contributed by atoms with E-state index in [0.717, 1.165) is 6.54 Å². The van der Waals surface area contributed by atoms with Gasteiger partial charge < -0.3 is 26.2 Å². The normalized spacial score (nSPS) is 20.4. The van der Waals surface area contributed by atoms with Gasteiger partial charge in [0.05, 0.1) is 0 Å². The molecule has 1 aliphatic rings. The van der Waals surface area contributed by atoms with Gasteiger partial charge in [-0.2, -0.15) is 0 Å². The summed E-state index contributed by atoms with van der Waals surface area (Å²) in [5.41, 5.74) is 5.20. The van der Waals surface area contributed by atoms with E-state index >= 15 is 0 Å². The number of nitrogens with one attached hydrogen (secondary N) is 2. The third-order valence-electron chi connectivity index (χ3n) is 2.64. The molecule has 0 radical (unpaired) electrons. The Labute approximate surface area is 101 Å². The molecule has 1 aliphatic heterocycles. The average molecular weight is 243 g/mol. The van der Waals surface area contributed by atoms with Crippen LogP contribution in [-0.4, -0.2) is 74.6 Å². The number of carbonyl (C=O) groups excluding carboxylic acids is 2. The molecule has 7 nitrogen and oxygen atoms in total. The van der Waals surface area contributed by atoms with Crippen LogP contribution in [0.5, 0.6) is 0 Å². The molecule has 4 N–H and O–H groups in total. The minimum atomic E-state index is -0.441. The maximum Gasteiger partial charge on any atom is 0.317 e. The Hall–Kier alpha value is -1.34. The van der Waals surface area contributed by atoms with E-state index in [1.54, 1.807) is 4.90 Å². The average Bonchev–Trinajstić information content (AvgIpc) is 2.28. The highest BCUT2D eigenvalue weighted by molar-refractivity contribution is 5.82. The van der Waals surface area contributed by atoms with Crippen molar-refractivity contribution in [1.29, 1.82) is 0 Å². The molecule has 1 saturated heterocycles. The number of piperazine rings is 1. The van der Waals surface area contributed by atoms with Crippen LogP contribution in [0.3, 0.4) is 0 Å². The SMILES string of the molecule is CN(C)CCNC(=O)N1CCNC(C(N)=O)C1. The van der Waals surface area contributed by atoms with Crippen LogP contribution in [0.1, 0.15) is 0 Å². The van der Waals surface area contributed by atoms with Gasteiger partial charge in [-0.15, -0.1) is 0 Å². The Morgan fingerprint density at radius 1 is 1.53 bits per heavy atom. The van der Waals surface area contributed by atoms with E-state index in [0.29, 0.717) is 26.2 Å². The quantitative estimate of drug-likeness (QED) is 0.533. The van der Waals surface area contributed by atoms with Crippen LogP contribution in [0.25, 0.3) is 0 Å². The predicted molar refractivity (Wildman–Crippen MR) is 64.5 cm³/mol. The van der Waals surface area contributed by atoms with E-state index < -0.39 is 11.9 Å². The summed E-state index contributed by atoms with van der Waals surface area (Å²) in [6, 6.07) is -0.581. The van der Waals surface area contributed by atoms with Gasteiger partial charge in [-0.05, 0) is 14.1 Å².